The van der Waals surface area contributed by atoms with Gasteiger partial charge in [-0.25, -0.2) is 4.39 Å². The van der Waals surface area contributed by atoms with Gasteiger partial charge < -0.3 is 10.1 Å². The van der Waals surface area contributed by atoms with Crippen molar-refractivity contribution in [2.45, 2.75) is 13.3 Å². The number of benzene rings is 1. The van der Waals surface area contributed by atoms with Crippen molar-refractivity contribution in [3.8, 4) is 0 Å². The van der Waals surface area contributed by atoms with Crippen molar-refractivity contribution in [2.75, 3.05) is 26.8 Å². The van der Waals surface area contributed by atoms with Gasteiger partial charge in [0.1, 0.15) is 5.82 Å². The van der Waals surface area contributed by atoms with Gasteiger partial charge in [0.25, 0.3) is 0 Å². The van der Waals surface area contributed by atoms with Gasteiger partial charge in [-0.1, -0.05) is 30.2 Å². The fraction of sp³-hybridized carbons (Fsp3) is 0.429. The van der Waals surface area contributed by atoms with Gasteiger partial charge in [0.15, 0.2) is 0 Å². The van der Waals surface area contributed by atoms with Crippen molar-refractivity contribution in [1.29, 1.82) is 0 Å². The standard InChI is InChI=1S/C14H19ClFNO/c1-3-11(10-17-4-5-18-2)6-12-7-13(15)9-14(16)8-12/h6-9,17H,3-5,10H2,1-2H3/b11-6-. The Kier molecular flexibility index (Phi) is 6.94. The molecule has 0 radical (unpaired) electrons. The summed E-state index contributed by atoms with van der Waals surface area (Å²) in [4.78, 5) is 0. The molecule has 0 bridgehead atoms. The van der Waals surface area contributed by atoms with Crippen molar-refractivity contribution < 1.29 is 9.13 Å². The maximum absolute atomic E-state index is 13.2. The number of nitrogens with one attached hydrogen (secondary N) is 1. The minimum absolute atomic E-state index is 0.309. The minimum atomic E-state index is -0.309. The normalized spacial score (nSPS) is 11.9. The summed E-state index contributed by atoms with van der Waals surface area (Å²) in [6, 6.07) is 4.55. The van der Waals surface area contributed by atoms with Crippen molar-refractivity contribution in [3.63, 3.8) is 0 Å². The Morgan fingerprint density at radius 3 is 2.83 bits per heavy atom. The van der Waals surface area contributed by atoms with E-state index in [1.165, 1.54) is 17.7 Å². The molecule has 4 heteroatoms. The van der Waals surface area contributed by atoms with Gasteiger partial charge in [-0.15, -0.1) is 0 Å². The summed E-state index contributed by atoms with van der Waals surface area (Å²) >= 11 is 5.82. The van der Waals surface area contributed by atoms with E-state index in [0.29, 0.717) is 11.6 Å². The molecule has 0 aliphatic carbocycles. The Hall–Kier alpha value is -0.900. The van der Waals surface area contributed by atoms with Crippen molar-refractivity contribution in [1.82, 2.24) is 5.32 Å². The summed E-state index contributed by atoms with van der Waals surface area (Å²) in [5.41, 5.74) is 2.00. The van der Waals surface area contributed by atoms with E-state index in [1.807, 2.05) is 6.08 Å². The highest BCUT2D eigenvalue weighted by atomic mass is 35.5. The lowest BCUT2D eigenvalue weighted by molar-refractivity contribution is 0.200. The highest BCUT2D eigenvalue weighted by Crippen LogP contribution is 2.17. The zero-order valence-electron chi connectivity index (χ0n) is 10.8. The van der Waals surface area contributed by atoms with Crippen LogP contribution in [0.25, 0.3) is 6.08 Å². The molecule has 0 aromatic heterocycles. The van der Waals surface area contributed by atoms with Crippen LogP contribution in [-0.4, -0.2) is 26.8 Å². The molecule has 1 N–H and O–H groups in total. The van der Waals surface area contributed by atoms with E-state index in [0.717, 1.165) is 25.1 Å². The van der Waals surface area contributed by atoms with Crippen molar-refractivity contribution in [3.05, 3.63) is 40.2 Å². The molecule has 1 rings (SSSR count). The summed E-state index contributed by atoms with van der Waals surface area (Å²) in [5.74, 6) is -0.309. The largest absolute Gasteiger partial charge is 0.383 e. The monoisotopic (exact) mass is 271 g/mol. The van der Waals surface area contributed by atoms with E-state index in [-0.39, 0.29) is 5.82 Å². The van der Waals surface area contributed by atoms with Crippen LogP contribution in [0.2, 0.25) is 5.02 Å². The Balaban J connectivity index is 2.65. The summed E-state index contributed by atoms with van der Waals surface area (Å²) in [6.07, 6.45) is 2.88. The van der Waals surface area contributed by atoms with Crippen LogP contribution in [0.4, 0.5) is 4.39 Å². The quantitative estimate of drug-likeness (QED) is 0.767. The number of hydrogen-bond donors (Lipinski definition) is 1. The Morgan fingerprint density at radius 2 is 2.22 bits per heavy atom. The van der Waals surface area contributed by atoms with Gasteiger partial charge in [0.2, 0.25) is 0 Å². The van der Waals surface area contributed by atoms with Gasteiger partial charge in [0, 0.05) is 25.2 Å². The molecule has 0 heterocycles. The molecule has 2 nitrogen and oxygen atoms in total. The second-order valence-electron chi connectivity index (χ2n) is 4.03. The maximum Gasteiger partial charge on any atom is 0.125 e. The zero-order valence-corrected chi connectivity index (χ0v) is 11.6. The van der Waals surface area contributed by atoms with Gasteiger partial charge in [-0.2, -0.15) is 0 Å². The molecule has 18 heavy (non-hydrogen) atoms. The number of hydrogen-bond acceptors (Lipinski definition) is 2. The van der Waals surface area contributed by atoms with E-state index in [2.05, 4.69) is 12.2 Å². The molecule has 0 saturated heterocycles. The zero-order chi connectivity index (χ0) is 13.4. The average Bonchev–Trinajstić information content (AvgIpc) is 2.32. The lowest BCUT2D eigenvalue weighted by Crippen LogP contribution is -2.21. The molecule has 1 aromatic rings. The van der Waals surface area contributed by atoms with Crippen molar-refractivity contribution in [2.24, 2.45) is 0 Å². The van der Waals surface area contributed by atoms with E-state index in [9.17, 15) is 4.39 Å². The third-order valence-electron chi connectivity index (χ3n) is 2.54. The summed E-state index contributed by atoms with van der Waals surface area (Å²) < 4.78 is 18.1. The van der Waals surface area contributed by atoms with Gasteiger partial charge in [-0.05, 0) is 30.2 Å². The predicted octanol–water partition coefficient (Wildman–Crippen LogP) is 3.51. The first-order valence-corrected chi connectivity index (χ1v) is 6.38. The minimum Gasteiger partial charge on any atom is -0.383 e. The molecule has 0 saturated carbocycles. The molecule has 0 atom stereocenters. The Labute approximate surface area is 113 Å². The van der Waals surface area contributed by atoms with Crippen LogP contribution >= 0.6 is 11.6 Å². The van der Waals surface area contributed by atoms with E-state index in [4.69, 9.17) is 16.3 Å². The topological polar surface area (TPSA) is 21.3 Å². The van der Waals surface area contributed by atoms with Gasteiger partial charge >= 0.3 is 0 Å². The molecule has 0 amide bonds. The summed E-state index contributed by atoms with van der Waals surface area (Å²) in [6.45, 7) is 4.33. The second-order valence-corrected chi connectivity index (χ2v) is 4.46. The lowest BCUT2D eigenvalue weighted by Gasteiger charge is -2.07. The number of methoxy groups -OCH3 is 1. The van der Waals surface area contributed by atoms with Gasteiger partial charge in [-0.3, -0.25) is 0 Å². The summed E-state index contributed by atoms with van der Waals surface area (Å²) in [7, 11) is 1.67. The van der Waals surface area contributed by atoms with Crippen LogP contribution in [0, 0.1) is 5.82 Å². The molecule has 0 aliphatic rings. The second kappa shape index (κ2) is 8.25. The molecule has 0 spiro atoms. The van der Waals surface area contributed by atoms with Crippen LogP contribution < -0.4 is 5.32 Å². The van der Waals surface area contributed by atoms with Crippen LogP contribution in [0.5, 0.6) is 0 Å². The molecule has 1 aromatic carbocycles. The molecular formula is C14H19ClFNO. The highest BCUT2D eigenvalue weighted by Gasteiger charge is 1.99. The predicted molar refractivity (Wildman–Crippen MR) is 74.4 cm³/mol. The lowest BCUT2D eigenvalue weighted by atomic mass is 10.1. The Morgan fingerprint density at radius 1 is 1.44 bits per heavy atom. The van der Waals surface area contributed by atoms with Crippen LogP contribution in [0.3, 0.4) is 0 Å². The van der Waals surface area contributed by atoms with E-state index < -0.39 is 0 Å². The molecule has 100 valence electrons. The average molecular weight is 272 g/mol. The fourth-order valence-electron chi connectivity index (χ4n) is 1.60. The molecule has 0 aliphatic heterocycles. The van der Waals surface area contributed by atoms with Crippen molar-refractivity contribution >= 4 is 17.7 Å². The third kappa shape index (κ3) is 5.63. The smallest absolute Gasteiger partial charge is 0.125 e. The molecular weight excluding hydrogens is 253 g/mol. The molecule has 0 unspecified atom stereocenters. The Bertz CT molecular complexity index is 387. The van der Waals surface area contributed by atoms with Gasteiger partial charge in [0.05, 0.1) is 6.61 Å². The number of ether oxygens (including phenoxy) is 1. The molecule has 0 fully saturated rings. The maximum atomic E-state index is 13.2. The highest BCUT2D eigenvalue weighted by molar-refractivity contribution is 6.30. The number of halogens is 2. The first-order valence-electron chi connectivity index (χ1n) is 6.01. The summed E-state index contributed by atoms with van der Waals surface area (Å²) in [5, 5.41) is 3.69. The SMILES string of the molecule is CC/C(=C/c1cc(F)cc(Cl)c1)CNCCOC. The first-order chi connectivity index (χ1) is 8.65. The van der Waals surface area contributed by atoms with E-state index >= 15 is 0 Å². The van der Waals surface area contributed by atoms with Crippen LogP contribution in [0.15, 0.2) is 23.8 Å². The fourth-order valence-corrected chi connectivity index (χ4v) is 1.83. The van der Waals surface area contributed by atoms with E-state index in [1.54, 1.807) is 13.2 Å². The van der Waals surface area contributed by atoms with Crippen LogP contribution in [0.1, 0.15) is 18.9 Å². The number of rotatable bonds is 7. The van der Waals surface area contributed by atoms with Crippen LogP contribution in [-0.2, 0) is 4.74 Å². The third-order valence-corrected chi connectivity index (χ3v) is 2.76. The first kappa shape index (κ1) is 15.2.